The maximum Gasteiger partial charge on any atom is 0.449 e. The summed E-state index contributed by atoms with van der Waals surface area (Å²) in [5.74, 6) is -2.14. The van der Waals surface area contributed by atoms with E-state index in [0.29, 0.717) is 0 Å². The van der Waals surface area contributed by atoms with Gasteiger partial charge in [-0.3, -0.25) is 9.59 Å². The normalized spacial score (nSPS) is 14.7. The molecule has 0 spiro atoms. The first-order valence-electron chi connectivity index (χ1n) is 10.0. The number of anilines is 1. The average molecular weight is 430 g/mol. The minimum atomic E-state index is -4.71. The predicted molar refractivity (Wildman–Crippen MR) is 110 cm³/mol. The molecule has 0 saturated heterocycles. The van der Waals surface area contributed by atoms with E-state index in [0.717, 1.165) is 30.3 Å². The molecule has 0 bridgehead atoms. The van der Waals surface area contributed by atoms with Gasteiger partial charge < -0.3 is 15.2 Å². The van der Waals surface area contributed by atoms with Crippen LogP contribution in [0.1, 0.15) is 41.9 Å². The van der Waals surface area contributed by atoms with Gasteiger partial charge in [0.2, 0.25) is 11.7 Å². The monoisotopic (exact) mass is 430 g/mol. The van der Waals surface area contributed by atoms with E-state index in [4.69, 9.17) is 0 Å². The van der Waals surface area contributed by atoms with E-state index in [1.54, 1.807) is 36.4 Å². The highest BCUT2D eigenvalue weighted by Gasteiger charge is 2.38. The van der Waals surface area contributed by atoms with E-state index in [2.05, 4.69) is 15.6 Å². The lowest BCUT2D eigenvalue weighted by molar-refractivity contribution is -0.147. The highest BCUT2D eigenvalue weighted by Crippen LogP contribution is 2.31. The van der Waals surface area contributed by atoms with E-state index in [-0.39, 0.29) is 34.2 Å². The lowest BCUT2D eigenvalue weighted by Crippen LogP contribution is -2.33. The number of halogens is 3. The molecule has 1 saturated carbocycles. The van der Waals surface area contributed by atoms with E-state index in [1.807, 2.05) is 0 Å². The molecule has 162 valence electrons. The quantitative estimate of drug-likeness (QED) is 0.631. The lowest BCUT2D eigenvalue weighted by atomic mass is 10.1. The van der Waals surface area contributed by atoms with Crippen LogP contribution in [-0.2, 0) is 17.5 Å². The molecule has 2 aromatic carbocycles. The molecule has 1 aliphatic carbocycles. The highest BCUT2D eigenvalue weighted by atomic mass is 19.4. The van der Waals surface area contributed by atoms with Crippen molar-refractivity contribution in [1.82, 2.24) is 14.9 Å². The van der Waals surface area contributed by atoms with Gasteiger partial charge in [0.25, 0.3) is 5.91 Å². The van der Waals surface area contributed by atoms with Crippen molar-refractivity contribution in [2.45, 2.75) is 44.4 Å². The van der Waals surface area contributed by atoms with Gasteiger partial charge in [0.1, 0.15) is 6.54 Å². The van der Waals surface area contributed by atoms with Gasteiger partial charge in [-0.05, 0) is 37.1 Å². The van der Waals surface area contributed by atoms with Crippen LogP contribution in [0.25, 0.3) is 11.0 Å². The van der Waals surface area contributed by atoms with Gasteiger partial charge in [0, 0.05) is 6.04 Å². The predicted octanol–water partition coefficient (Wildman–Crippen LogP) is 4.37. The van der Waals surface area contributed by atoms with Crippen LogP contribution in [0.4, 0.5) is 18.9 Å². The Kier molecular flexibility index (Phi) is 5.67. The summed E-state index contributed by atoms with van der Waals surface area (Å²) >= 11 is 0. The Morgan fingerprint density at radius 2 is 1.71 bits per heavy atom. The average Bonchev–Trinajstić information content (AvgIpc) is 3.36. The summed E-state index contributed by atoms with van der Waals surface area (Å²) in [6.45, 7) is -0.589. The first kappa shape index (κ1) is 20.9. The zero-order valence-electron chi connectivity index (χ0n) is 16.6. The molecule has 0 radical (unpaired) electrons. The molecule has 2 amide bonds. The molecule has 0 unspecified atom stereocenters. The van der Waals surface area contributed by atoms with Crippen molar-refractivity contribution in [3.63, 3.8) is 0 Å². The first-order chi connectivity index (χ1) is 14.8. The zero-order valence-corrected chi connectivity index (χ0v) is 16.6. The summed E-state index contributed by atoms with van der Waals surface area (Å²) in [6.07, 6.45) is -0.770. The summed E-state index contributed by atoms with van der Waals surface area (Å²) in [6, 6.07) is 12.7. The molecule has 1 fully saturated rings. The van der Waals surface area contributed by atoms with Crippen LogP contribution >= 0.6 is 0 Å². The molecule has 6 nitrogen and oxygen atoms in total. The Bertz CT molecular complexity index is 1120. The number of nitrogens with one attached hydrogen (secondary N) is 2. The number of benzene rings is 2. The number of aromatic nitrogens is 2. The van der Waals surface area contributed by atoms with Crippen molar-refractivity contribution in [1.29, 1.82) is 0 Å². The Morgan fingerprint density at radius 1 is 1.03 bits per heavy atom. The summed E-state index contributed by atoms with van der Waals surface area (Å²) in [5, 5.41) is 5.54. The Balaban J connectivity index is 1.56. The Hall–Kier alpha value is -3.36. The molecule has 4 rings (SSSR count). The smallest absolute Gasteiger partial charge is 0.349 e. The fraction of sp³-hybridized carbons (Fsp3) is 0.318. The standard InChI is InChI=1S/C22H21F3N4O2/c23-22(24,25)21-28-17-11-5-6-12-18(17)29(21)13-19(30)27-16-10-4-3-9-15(16)20(31)26-14-7-1-2-8-14/h3-6,9-12,14H,1-2,7-8,13H2,(H,26,31)(H,27,30). The molecule has 2 N–H and O–H groups in total. The molecule has 0 atom stereocenters. The molecule has 31 heavy (non-hydrogen) atoms. The third kappa shape index (κ3) is 4.55. The van der Waals surface area contributed by atoms with Crippen molar-refractivity contribution in [2.24, 2.45) is 0 Å². The van der Waals surface area contributed by atoms with Crippen LogP contribution in [0.5, 0.6) is 0 Å². The molecular formula is C22H21F3N4O2. The van der Waals surface area contributed by atoms with E-state index in [9.17, 15) is 22.8 Å². The number of imidazole rings is 1. The zero-order chi connectivity index (χ0) is 22.0. The Morgan fingerprint density at radius 3 is 2.45 bits per heavy atom. The number of amides is 2. The van der Waals surface area contributed by atoms with Gasteiger partial charge in [0.15, 0.2) is 0 Å². The van der Waals surface area contributed by atoms with Gasteiger partial charge >= 0.3 is 6.18 Å². The van der Waals surface area contributed by atoms with Gasteiger partial charge in [-0.25, -0.2) is 4.98 Å². The van der Waals surface area contributed by atoms with Crippen LogP contribution in [0.15, 0.2) is 48.5 Å². The second kappa shape index (κ2) is 8.41. The number of alkyl halides is 3. The van der Waals surface area contributed by atoms with E-state index >= 15 is 0 Å². The van der Waals surface area contributed by atoms with Crippen LogP contribution in [0.2, 0.25) is 0 Å². The number of carbonyl (C=O) groups is 2. The molecular weight excluding hydrogens is 409 g/mol. The van der Waals surface area contributed by atoms with Crippen LogP contribution < -0.4 is 10.6 Å². The van der Waals surface area contributed by atoms with Crippen molar-refractivity contribution < 1.29 is 22.8 Å². The summed E-state index contributed by atoms with van der Waals surface area (Å²) < 4.78 is 41.2. The minimum absolute atomic E-state index is 0.0999. The third-order valence-corrected chi connectivity index (χ3v) is 5.35. The summed E-state index contributed by atoms with van der Waals surface area (Å²) in [4.78, 5) is 29.0. The van der Waals surface area contributed by atoms with Crippen LogP contribution in [-0.4, -0.2) is 27.4 Å². The molecule has 1 heterocycles. The minimum Gasteiger partial charge on any atom is -0.349 e. The number of hydrogen-bond acceptors (Lipinski definition) is 3. The second-order valence-corrected chi connectivity index (χ2v) is 7.56. The number of rotatable bonds is 5. The van der Waals surface area contributed by atoms with Gasteiger partial charge in [-0.2, -0.15) is 13.2 Å². The highest BCUT2D eigenvalue weighted by molar-refractivity contribution is 6.04. The van der Waals surface area contributed by atoms with Gasteiger partial charge in [-0.1, -0.05) is 37.1 Å². The summed E-state index contributed by atoms with van der Waals surface area (Å²) in [7, 11) is 0. The summed E-state index contributed by atoms with van der Waals surface area (Å²) in [5.41, 5.74) is 0.881. The largest absolute Gasteiger partial charge is 0.449 e. The Labute approximate surface area is 176 Å². The van der Waals surface area contributed by atoms with Crippen LogP contribution in [0.3, 0.4) is 0 Å². The van der Waals surface area contributed by atoms with Crippen molar-refractivity contribution in [3.8, 4) is 0 Å². The third-order valence-electron chi connectivity index (χ3n) is 5.35. The maximum absolute atomic E-state index is 13.5. The fourth-order valence-electron chi connectivity index (χ4n) is 3.91. The number of nitrogens with zero attached hydrogens (tertiary/aromatic N) is 2. The number of para-hydroxylation sites is 3. The molecule has 1 aromatic heterocycles. The number of carbonyl (C=O) groups excluding carboxylic acids is 2. The molecule has 3 aromatic rings. The topological polar surface area (TPSA) is 76.0 Å². The first-order valence-corrected chi connectivity index (χ1v) is 10.0. The van der Waals surface area contributed by atoms with E-state index in [1.165, 1.54) is 12.1 Å². The fourth-order valence-corrected chi connectivity index (χ4v) is 3.91. The number of fused-ring (bicyclic) bond motifs is 1. The molecule has 1 aliphatic rings. The second-order valence-electron chi connectivity index (χ2n) is 7.56. The number of hydrogen-bond donors (Lipinski definition) is 2. The molecule has 9 heteroatoms. The van der Waals surface area contributed by atoms with Crippen molar-refractivity contribution >= 4 is 28.5 Å². The van der Waals surface area contributed by atoms with Gasteiger partial charge in [-0.15, -0.1) is 0 Å². The SMILES string of the molecule is O=C(Cn1c(C(F)(F)F)nc2ccccc21)Nc1ccccc1C(=O)NC1CCCC1. The lowest BCUT2D eigenvalue weighted by Gasteiger charge is -2.16. The van der Waals surface area contributed by atoms with Crippen molar-refractivity contribution in [3.05, 3.63) is 59.9 Å². The van der Waals surface area contributed by atoms with E-state index < -0.39 is 24.5 Å². The van der Waals surface area contributed by atoms with Gasteiger partial charge in [0.05, 0.1) is 22.3 Å². The maximum atomic E-state index is 13.5. The van der Waals surface area contributed by atoms with Crippen molar-refractivity contribution in [2.75, 3.05) is 5.32 Å². The van der Waals surface area contributed by atoms with Crippen LogP contribution in [0, 0.1) is 0 Å². The molecule has 0 aliphatic heterocycles.